The summed E-state index contributed by atoms with van der Waals surface area (Å²) in [6, 6.07) is 13.2. The first-order valence-electron chi connectivity index (χ1n) is 7.68. The van der Waals surface area contributed by atoms with Crippen LogP contribution in [0.1, 0.15) is 27.6 Å². The van der Waals surface area contributed by atoms with Gasteiger partial charge in [0, 0.05) is 36.0 Å². The van der Waals surface area contributed by atoms with Gasteiger partial charge in [-0.2, -0.15) is 0 Å². The van der Waals surface area contributed by atoms with Crippen molar-refractivity contribution in [3.63, 3.8) is 0 Å². The first-order chi connectivity index (χ1) is 12.0. The van der Waals surface area contributed by atoms with E-state index in [2.05, 4.69) is 22.5 Å². The number of nitrogens with one attached hydrogen (secondary N) is 3. The van der Waals surface area contributed by atoms with Gasteiger partial charge < -0.3 is 16.0 Å². The van der Waals surface area contributed by atoms with Gasteiger partial charge in [-0.15, -0.1) is 6.58 Å². The Labute approximate surface area is 145 Å². The second-order valence-electron chi connectivity index (χ2n) is 5.30. The monoisotopic (exact) mass is 337 g/mol. The third kappa shape index (κ3) is 5.31. The van der Waals surface area contributed by atoms with Gasteiger partial charge >= 0.3 is 0 Å². The standard InChI is InChI=1S/C19H19N3O3/c1-3-10-20-18(24)14-6-4-7-15(11-14)19(25)22-17-9-5-8-16(12-17)21-13(2)23/h3-9,11-12H,1,10H2,2H3,(H,20,24)(H,21,23)(H,22,25). The molecule has 2 rings (SSSR count). The quantitative estimate of drug-likeness (QED) is 0.708. The van der Waals surface area contributed by atoms with Crippen LogP contribution in [-0.4, -0.2) is 24.3 Å². The van der Waals surface area contributed by atoms with E-state index in [0.717, 1.165) is 0 Å². The van der Waals surface area contributed by atoms with Crippen LogP contribution in [0.3, 0.4) is 0 Å². The van der Waals surface area contributed by atoms with E-state index in [4.69, 9.17) is 0 Å². The van der Waals surface area contributed by atoms with Gasteiger partial charge in [0.25, 0.3) is 11.8 Å². The Bertz CT molecular complexity index is 815. The van der Waals surface area contributed by atoms with Crippen LogP contribution < -0.4 is 16.0 Å². The Morgan fingerprint density at radius 2 is 1.52 bits per heavy atom. The molecule has 25 heavy (non-hydrogen) atoms. The molecule has 6 heteroatoms. The minimum absolute atomic E-state index is 0.193. The lowest BCUT2D eigenvalue weighted by atomic mass is 10.1. The van der Waals surface area contributed by atoms with Gasteiger partial charge in [0.2, 0.25) is 5.91 Å². The number of benzene rings is 2. The number of rotatable bonds is 6. The van der Waals surface area contributed by atoms with Crippen molar-refractivity contribution in [2.45, 2.75) is 6.92 Å². The minimum Gasteiger partial charge on any atom is -0.349 e. The van der Waals surface area contributed by atoms with Crippen LogP contribution in [0, 0.1) is 0 Å². The van der Waals surface area contributed by atoms with E-state index >= 15 is 0 Å². The molecular weight excluding hydrogens is 318 g/mol. The molecule has 0 saturated carbocycles. The van der Waals surface area contributed by atoms with Crippen molar-refractivity contribution in [3.8, 4) is 0 Å². The SMILES string of the molecule is C=CCNC(=O)c1cccc(C(=O)Nc2cccc(NC(C)=O)c2)c1. The highest BCUT2D eigenvalue weighted by molar-refractivity contribution is 6.06. The molecule has 0 bridgehead atoms. The lowest BCUT2D eigenvalue weighted by molar-refractivity contribution is -0.114. The van der Waals surface area contributed by atoms with Crippen LogP contribution in [0.15, 0.2) is 61.2 Å². The van der Waals surface area contributed by atoms with Crippen molar-refractivity contribution in [3.05, 3.63) is 72.3 Å². The predicted octanol–water partition coefficient (Wildman–Crippen LogP) is 2.81. The summed E-state index contributed by atoms with van der Waals surface area (Å²) >= 11 is 0. The first kappa shape index (κ1) is 17.9. The van der Waals surface area contributed by atoms with Crippen molar-refractivity contribution in [1.82, 2.24) is 5.32 Å². The molecule has 0 radical (unpaired) electrons. The largest absolute Gasteiger partial charge is 0.349 e. The molecular formula is C19H19N3O3. The highest BCUT2D eigenvalue weighted by Gasteiger charge is 2.10. The normalized spacial score (nSPS) is 9.80. The summed E-state index contributed by atoms with van der Waals surface area (Å²) in [5, 5.41) is 8.05. The summed E-state index contributed by atoms with van der Waals surface area (Å²) in [7, 11) is 0. The Hall–Kier alpha value is -3.41. The number of amides is 3. The Morgan fingerprint density at radius 1 is 0.920 bits per heavy atom. The van der Waals surface area contributed by atoms with Crippen molar-refractivity contribution >= 4 is 29.1 Å². The molecule has 3 N–H and O–H groups in total. The van der Waals surface area contributed by atoms with E-state index in [1.54, 1.807) is 48.5 Å². The van der Waals surface area contributed by atoms with Gasteiger partial charge in [-0.1, -0.05) is 18.2 Å². The van der Waals surface area contributed by atoms with Gasteiger partial charge in [0.05, 0.1) is 0 Å². The summed E-state index contributed by atoms with van der Waals surface area (Å²) in [4.78, 5) is 35.4. The third-order valence-corrected chi connectivity index (χ3v) is 3.23. The number of carbonyl (C=O) groups excluding carboxylic acids is 3. The molecule has 0 aliphatic carbocycles. The van der Waals surface area contributed by atoms with Crippen LogP contribution in [0.5, 0.6) is 0 Å². The number of carbonyl (C=O) groups is 3. The fourth-order valence-electron chi connectivity index (χ4n) is 2.15. The molecule has 0 atom stereocenters. The molecule has 2 aromatic rings. The van der Waals surface area contributed by atoms with Crippen LogP contribution in [-0.2, 0) is 4.79 Å². The number of hydrogen-bond acceptors (Lipinski definition) is 3. The maximum Gasteiger partial charge on any atom is 0.255 e. The average Bonchev–Trinajstić information content (AvgIpc) is 2.59. The molecule has 128 valence electrons. The second-order valence-corrected chi connectivity index (χ2v) is 5.30. The topological polar surface area (TPSA) is 87.3 Å². The molecule has 3 amide bonds. The van der Waals surface area contributed by atoms with Gasteiger partial charge in [-0.05, 0) is 36.4 Å². The summed E-state index contributed by atoms with van der Waals surface area (Å²) in [6.45, 7) is 5.30. The number of anilines is 2. The van der Waals surface area contributed by atoms with Crippen LogP contribution in [0.25, 0.3) is 0 Å². The van der Waals surface area contributed by atoms with Crippen LogP contribution in [0.2, 0.25) is 0 Å². The molecule has 0 fully saturated rings. The van der Waals surface area contributed by atoms with Crippen molar-refractivity contribution < 1.29 is 14.4 Å². The molecule has 0 aliphatic heterocycles. The molecule has 6 nitrogen and oxygen atoms in total. The lowest BCUT2D eigenvalue weighted by Gasteiger charge is -2.09. The summed E-state index contributed by atoms with van der Waals surface area (Å²) in [5.41, 5.74) is 1.87. The zero-order valence-electron chi connectivity index (χ0n) is 13.8. The van der Waals surface area contributed by atoms with Crippen molar-refractivity contribution in [1.29, 1.82) is 0 Å². The average molecular weight is 337 g/mol. The highest BCUT2D eigenvalue weighted by atomic mass is 16.2. The smallest absolute Gasteiger partial charge is 0.255 e. The molecule has 0 unspecified atom stereocenters. The summed E-state index contributed by atoms with van der Waals surface area (Å²) in [5.74, 6) is -0.817. The molecule has 0 saturated heterocycles. The minimum atomic E-state index is -0.349. The summed E-state index contributed by atoms with van der Waals surface area (Å²) < 4.78 is 0. The maximum absolute atomic E-state index is 12.4. The van der Waals surface area contributed by atoms with Gasteiger partial charge in [0.15, 0.2) is 0 Å². The van der Waals surface area contributed by atoms with E-state index in [-0.39, 0.29) is 17.7 Å². The van der Waals surface area contributed by atoms with Gasteiger partial charge in [-0.25, -0.2) is 0 Å². The number of hydrogen-bond donors (Lipinski definition) is 3. The highest BCUT2D eigenvalue weighted by Crippen LogP contribution is 2.16. The van der Waals surface area contributed by atoms with Crippen molar-refractivity contribution in [2.24, 2.45) is 0 Å². The molecule has 2 aromatic carbocycles. The molecule has 0 heterocycles. The van der Waals surface area contributed by atoms with E-state index in [0.29, 0.717) is 29.0 Å². The fourth-order valence-corrected chi connectivity index (χ4v) is 2.15. The van der Waals surface area contributed by atoms with E-state index in [1.807, 2.05) is 0 Å². The zero-order chi connectivity index (χ0) is 18.2. The van der Waals surface area contributed by atoms with Crippen molar-refractivity contribution in [2.75, 3.05) is 17.2 Å². The Balaban J connectivity index is 2.12. The molecule has 0 aliphatic rings. The van der Waals surface area contributed by atoms with E-state index in [9.17, 15) is 14.4 Å². The van der Waals surface area contributed by atoms with Gasteiger partial charge in [0.1, 0.15) is 0 Å². The Morgan fingerprint density at radius 3 is 2.16 bits per heavy atom. The summed E-state index contributed by atoms with van der Waals surface area (Å²) in [6.07, 6.45) is 1.58. The maximum atomic E-state index is 12.4. The lowest BCUT2D eigenvalue weighted by Crippen LogP contribution is -2.23. The molecule has 0 aromatic heterocycles. The third-order valence-electron chi connectivity index (χ3n) is 3.23. The van der Waals surface area contributed by atoms with E-state index < -0.39 is 0 Å². The van der Waals surface area contributed by atoms with Crippen LogP contribution >= 0.6 is 0 Å². The zero-order valence-corrected chi connectivity index (χ0v) is 13.8. The fraction of sp³-hybridized carbons (Fsp3) is 0.105. The van der Waals surface area contributed by atoms with Crippen LogP contribution in [0.4, 0.5) is 11.4 Å². The second kappa shape index (κ2) is 8.44. The van der Waals surface area contributed by atoms with Gasteiger partial charge in [-0.3, -0.25) is 14.4 Å². The van der Waals surface area contributed by atoms with E-state index in [1.165, 1.54) is 13.0 Å². The first-order valence-corrected chi connectivity index (χ1v) is 7.68. The molecule has 0 spiro atoms. The Kier molecular flexibility index (Phi) is 6.06. The predicted molar refractivity (Wildman–Crippen MR) is 97.7 cm³/mol.